The summed E-state index contributed by atoms with van der Waals surface area (Å²) in [6.07, 6.45) is 4.34. The van der Waals surface area contributed by atoms with Gasteiger partial charge in [-0.3, -0.25) is 4.79 Å². The molecule has 160 valence electrons. The number of nitriles is 1. The average molecular weight is 427 g/mol. The van der Waals surface area contributed by atoms with Crippen LogP contribution in [0.5, 0.6) is 11.5 Å². The SMILES string of the molecule is CCC(C)(C)[C@H]1CCc2c(sc(NC(=O)Cc3ccc(OC)c(OC)c3)c2C#N)C1. The Morgan fingerprint density at radius 3 is 2.67 bits per heavy atom. The fourth-order valence-corrected chi connectivity index (χ4v) is 5.39. The van der Waals surface area contributed by atoms with Gasteiger partial charge in [0, 0.05) is 4.88 Å². The van der Waals surface area contributed by atoms with Crippen LogP contribution in [0.4, 0.5) is 5.00 Å². The second kappa shape index (κ2) is 9.09. The molecule has 1 aromatic heterocycles. The van der Waals surface area contributed by atoms with E-state index in [4.69, 9.17) is 9.47 Å². The molecule has 0 bridgehead atoms. The maximum Gasteiger partial charge on any atom is 0.229 e. The largest absolute Gasteiger partial charge is 0.493 e. The summed E-state index contributed by atoms with van der Waals surface area (Å²) in [4.78, 5) is 14.0. The number of anilines is 1. The molecule has 0 fully saturated rings. The average Bonchev–Trinajstić information content (AvgIpc) is 3.09. The van der Waals surface area contributed by atoms with Gasteiger partial charge < -0.3 is 14.8 Å². The Morgan fingerprint density at radius 2 is 2.03 bits per heavy atom. The third-order valence-corrected chi connectivity index (χ3v) is 7.63. The lowest BCUT2D eigenvalue weighted by molar-refractivity contribution is -0.115. The first-order valence-corrected chi connectivity index (χ1v) is 11.2. The number of benzene rings is 1. The number of carbonyl (C=O) groups excluding carboxylic acids is 1. The first-order chi connectivity index (χ1) is 14.3. The van der Waals surface area contributed by atoms with E-state index in [1.165, 1.54) is 4.88 Å². The van der Waals surface area contributed by atoms with Crippen LogP contribution in [0.25, 0.3) is 0 Å². The van der Waals surface area contributed by atoms with E-state index < -0.39 is 0 Å². The molecule has 0 radical (unpaired) electrons. The smallest absolute Gasteiger partial charge is 0.229 e. The minimum absolute atomic E-state index is 0.136. The normalized spacial score (nSPS) is 15.8. The number of nitrogens with zero attached hydrogens (tertiary/aromatic N) is 1. The van der Waals surface area contributed by atoms with E-state index in [0.717, 1.165) is 36.8 Å². The molecule has 0 saturated heterocycles. The second-order valence-electron chi connectivity index (χ2n) is 8.52. The second-order valence-corrected chi connectivity index (χ2v) is 9.62. The van der Waals surface area contributed by atoms with Crippen molar-refractivity contribution in [2.75, 3.05) is 19.5 Å². The molecular formula is C24H30N2O3S. The fourth-order valence-electron chi connectivity index (χ4n) is 4.09. The number of ether oxygens (including phenoxy) is 2. The molecule has 5 nitrogen and oxygen atoms in total. The lowest BCUT2D eigenvalue weighted by Crippen LogP contribution is -2.28. The predicted molar refractivity (Wildman–Crippen MR) is 121 cm³/mol. The minimum Gasteiger partial charge on any atom is -0.493 e. The van der Waals surface area contributed by atoms with Gasteiger partial charge in [0.1, 0.15) is 11.1 Å². The van der Waals surface area contributed by atoms with Crippen LogP contribution >= 0.6 is 11.3 Å². The molecule has 2 aromatic rings. The van der Waals surface area contributed by atoms with Gasteiger partial charge in [0.15, 0.2) is 11.5 Å². The summed E-state index contributed by atoms with van der Waals surface area (Å²) in [7, 11) is 3.16. The molecule has 30 heavy (non-hydrogen) atoms. The Morgan fingerprint density at radius 1 is 1.30 bits per heavy atom. The summed E-state index contributed by atoms with van der Waals surface area (Å²) in [5.41, 5.74) is 2.89. The van der Waals surface area contributed by atoms with E-state index >= 15 is 0 Å². The van der Waals surface area contributed by atoms with Crippen molar-refractivity contribution in [3.63, 3.8) is 0 Å². The van der Waals surface area contributed by atoms with Crippen molar-refractivity contribution in [1.29, 1.82) is 5.26 Å². The minimum atomic E-state index is -0.136. The first-order valence-electron chi connectivity index (χ1n) is 10.4. The highest BCUT2D eigenvalue weighted by atomic mass is 32.1. The summed E-state index contributed by atoms with van der Waals surface area (Å²) in [6, 6.07) is 7.78. The van der Waals surface area contributed by atoms with Crippen LogP contribution in [0.2, 0.25) is 0 Å². The van der Waals surface area contributed by atoms with Crippen molar-refractivity contribution in [3.05, 3.63) is 39.8 Å². The Kier molecular flexibility index (Phi) is 6.72. The lowest BCUT2D eigenvalue weighted by Gasteiger charge is -2.36. The number of methoxy groups -OCH3 is 2. The van der Waals surface area contributed by atoms with Crippen LogP contribution in [-0.2, 0) is 24.1 Å². The van der Waals surface area contributed by atoms with Crippen LogP contribution in [0.1, 0.15) is 55.2 Å². The highest BCUT2D eigenvalue weighted by molar-refractivity contribution is 7.16. The fraction of sp³-hybridized carbons (Fsp3) is 0.500. The van der Waals surface area contributed by atoms with Gasteiger partial charge in [0.25, 0.3) is 0 Å². The Bertz CT molecular complexity index is 972. The molecule has 1 aromatic carbocycles. The van der Waals surface area contributed by atoms with Crippen LogP contribution < -0.4 is 14.8 Å². The van der Waals surface area contributed by atoms with Crippen molar-refractivity contribution < 1.29 is 14.3 Å². The molecule has 1 amide bonds. The number of thiophene rings is 1. The maximum atomic E-state index is 12.7. The highest BCUT2D eigenvalue weighted by Crippen LogP contribution is 2.45. The van der Waals surface area contributed by atoms with Gasteiger partial charge in [-0.15, -0.1) is 11.3 Å². The lowest BCUT2D eigenvalue weighted by atomic mass is 9.69. The molecule has 0 aliphatic heterocycles. The quantitative estimate of drug-likeness (QED) is 0.647. The summed E-state index contributed by atoms with van der Waals surface area (Å²) < 4.78 is 10.6. The van der Waals surface area contributed by atoms with Crippen LogP contribution in [0.3, 0.4) is 0 Å². The summed E-state index contributed by atoms with van der Waals surface area (Å²) in [6.45, 7) is 6.89. The van der Waals surface area contributed by atoms with Gasteiger partial charge in [0.05, 0.1) is 26.2 Å². The molecule has 0 unspecified atom stereocenters. The van der Waals surface area contributed by atoms with E-state index in [9.17, 15) is 10.1 Å². The van der Waals surface area contributed by atoms with Gasteiger partial charge >= 0.3 is 0 Å². The zero-order valence-electron chi connectivity index (χ0n) is 18.4. The third-order valence-electron chi connectivity index (χ3n) is 6.46. The van der Waals surface area contributed by atoms with Crippen molar-refractivity contribution in [2.24, 2.45) is 11.3 Å². The molecule has 1 heterocycles. The molecule has 0 saturated carbocycles. The van der Waals surface area contributed by atoms with Crippen molar-refractivity contribution in [2.45, 2.75) is 52.9 Å². The molecular weight excluding hydrogens is 396 g/mol. The number of carbonyl (C=O) groups is 1. The monoisotopic (exact) mass is 426 g/mol. The molecule has 1 aliphatic carbocycles. The predicted octanol–water partition coefficient (Wildman–Crippen LogP) is 5.36. The van der Waals surface area contributed by atoms with E-state index in [1.54, 1.807) is 37.7 Å². The molecule has 1 aliphatic rings. The van der Waals surface area contributed by atoms with E-state index in [1.807, 2.05) is 6.07 Å². The van der Waals surface area contributed by atoms with Gasteiger partial charge in [-0.2, -0.15) is 5.26 Å². The third kappa shape index (κ3) is 4.46. The van der Waals surface area contributed by atoms with E-state index in [-0.39, 0.29) is 17.7 Å². The number of hydrogen-bond acceptors (Lipinski definition) is 5. The molecule has 1 N–H and O–H groups in total. The number of fused-ring (bicyclic) bond motifs is 1. The summed E-state index contributed by atoms with van der Waals surface area (Å²) in [5.74, 6) is 1.69. The van der Waals surface area contributed by atoms with Gasteiger partial charge in [0.2, 0.25) is 5.91 Å². The van der Waals surface area contributed by atoms with E-state index in [2.05, 4.69) is 32.2 Å². The molecule has 3 rings (SSSR count). The van der Waals surface area contributed by atoms with Gasteiger partial charge in [-0.1, -0.05) is 33.3 Å². The maximum absolute atomic E-state index is 12.7. The Balaban J connectivity index is 1.76. The Hall–Kier alpha value is -2.52. The van der Waals surface area contributed by atoms with Crippen molar-refractivity contribution in [3.8, 4) is 17.6 Å². The Labute approximate surface area is 183 Å². The van der Waals surface area contributed by atoms with Crippen LogP contribution in [0, 0.1) is 22.7 Å². The van der Waals surface area contributed by atoms with Crippen LogP contribution in [-0.4, -0.2) is 20.1 Å². The molecule has 1 atom stereocenters. The topological polar surface area (TPSA) is 71.3 Å². The highest BCUT2D eigenvalue weighted by Gasteiger charge is 2.34. The number of hydrogen-bond donors (Lipinski definition) is 1. The first kappa shape index (κ1) is 22.2. The summed E-state index contributed by atoms with van der Waals surface area (Å²) in [5, 5.41) is 13.4. The van der Waals surface area contributed by atoms with Crippen molar-refractivity contribution >= 4 is 22.2 Å². The summed E-state index contributed by atoms with van der Waals surface area (Å²) >= 11 is 1.57. The molecule has 6 heteroatoms. The van der Waals surface area contributed by atoms with E-state index in [0.29, 0.717) is 28.0 Å². The number of rotatable bonds is 7. The zero-order chi connectivity index (χ0) is 21.9. The van der Waals surface area contributed by atoms with Gasteiger partial charge in [-0.25, -0.2) is 0 Å². The number of amides is 1. The number of nitrogens with one attached hydrogen (secondary N) is 1. The van der Waals surface area contributed by atoms with Gasteiger partial charge in [-0.05, 0) is 53.9 Å². The van der Waals surface area contributed by atoms with Crippen molar-refractivity contribution in [1.82, 2.24) is 0 Å². The van der Waals surface area contributed by atoms with Crippen LogP contribution in [0.15, 0.2) is 18.2 Å². The standard InChI is InChI=1S/C24H30N2O3S/c1-6-24(2,3)16-8-9-17-18(14-25)23(30-21(17)13-16)26-22(27)12-15-7-10-19(28-4)20(11-15)29-5/h7,10-11,16H,6,8-9,12-13H2,1-5H3,(H,26,27)/t16-/m0/s1. The zero-order valence-corrected chi connectivity index (χ0v) is 19.2. The molecule has 0 spiro atoms.